The van der Waals surface area contributed by atoms with Crippen LogP contribution >= 0.6 is 0 Å². The first kappa shape index (κ1) is 21.5. The van der Waals surface area contributed by atoms with Crippen LogP contribution in [0.15, 0.2) is 48.5 Å². The predicted molar refractivity (Wildman–Crippen MR) is 117 cm³/mol. The fourth-order valence-corrected chi connectivity index (χ4v) is 4.44. The molecule has 8 nitrogen and oxygen atoms in total. The van der Waals surface area contributed by atoms with E-state index in [4.69, 9.17) is 10.5 Å². The largest absolute Gasteiger partial charge is 0.458 e. The van der Waals surface area contributed by atoms with Crippen LogP contribution in [0.5, 0.6) is 0 Å². The van der Waals surface area contributed by atoms with Crippen molar-refractivity contribution < 1.29 is 23.9 Å². The molecule has 2 heterocycles. The molecule has 2 aromatic rings. The number of rotatable bonds is 6. The van der Waals surface area contributed by atoms with Crippen LogP contribution in [0, 0.1) is 5.92 Å². The molecule has 2 aliphatic rings. The normalized spacial score (nSPS) is 19.7. The average molecular weight is 435 g/mol. The molecule has 2 aromatic carbocycles. The van der Waals surface area contributed by atoms with Crippen molar-refractivity contribution in [2.45, 2.75) is 39.0 Å². The highest BCUT2D eigenvalue weighted by molar-refractivity contribution is 6.15. The Morgan fingerprint density at radius 3 is 2.59 bits per heavy atom. The van der Waals surface area contributed by atoms with Gasteiger partial charge in [-0.05, 0) is 35.7 Å². The summed E-state index contributed by atoms with van der Waals surface area (Å²) in [5, 5.41) is 0. The molecule has 2 N–H and O–H groups in total. The minimum absolute atomic E-state index is 0.0682. The third-order valence-corrected chi connectivity index (χ3v) is 5.83. The molecule has 0 aromatic heterocycles. The number of fused-ring (bicyclic) bond motifs is 3. The molecule has 0 spiro atoms. The predicted octanol–water partition coefficient (Wildman–Crippen LogP) is 2.46. The summed E-state index contributed by atoms with van der Waals surface area (Å²) < 4.78 is 5.65. The van der Waals surface area contributed by atoms with E-state index >= 15 is 0 Å². The number of hydrogen-bond acceptors (Lipinski definition) is 5. The molecule has 1 atom stereocenters. The van der Waals surface area contributed by atoms with Gasteiger partial charge in [0.25, 0.3) is 5.91 Å². The Morgan fingerprint density at radius 1 is 1.12 bits per heavy atom. The Kier molecular flexibility index (Phi) is 5.46. The van der Waals surface area contributed by atoms with Gasteiger partial charge in [0.05, 0.1) is 11.3 Å². The van der Waals surface area contributed by atoms with E-state index in [0.717, 1.165) is 0 Å². The number of benzene rings is 2. The van der Waals surface area contributed by atoms with Gasteiger partial charge in [0.2, 0.25) is 17.5 Å². The molecule has 1 fully saturated rings. The summed E-state index contributed by atoms with van der Waals surface area (Å²) in [5.41, 5.74) is 5.50. The number of nitrogens with two attached hydrogens (primary N) is 1. The van der Waals surface area contributed by atoms with E-state index in [9.17, 15) is 19.2 Å². The third kappa shape index (κ3) is 3.41. The quantitative estimate of drug-likeness (QED) is 0.701. The van der Waals surface area contributed by atoms with E-state index < -0.39 is 17.5 Å². The standard InChI is InChI=1S/C24H25N3O5/c1-15(2)13-26-22(30)18-8-3-4-9-19(18)27-20(28)10-11-24(26,27)23(31)32-14-16-6-5-7-17(12-16)21(25)29/h3-9,12,15H,10-11,13-14H2,1-2H3,(H2,25,29). The maximum atomic E-state index is 13.6. The average Bonchev–Trinajstić information content (AvgIpc) is 3.13. The number of carbonyl (C=O) groups is 4. The van der Waals surface area contributed by atoms with Crippen LogP contribution in [0.2, 0.25) is 0 Å². The molecule has 1 unspecified atom stereocenters. The Labute approximate surface area is 185 Å². The number of nitrogens with zero attached hydrogens (tertiary/aromatic N) is 2. The summed E-state index contributed by atoms with van der Waals surface area (Å²) in [6, 6.07) is 13.3. The number of ether oxygens (including phenoxy) is 1. The molecule has 0 aliphatic carbocycles. The molecule has 1 saturated heterocycles. The van der Waals surface area contributed by atoms with Gasteiger partial charge in [-0.15, -0.1) is 0 Å². The van der Waals surface area contributed by atoms with Crippen LogP contribution in [-0.4, -0.2) is 40.8 Å². The smallest absolute Gasteiger partial charge is 0.354 e. The monoisotopic (exact) mass is 435 g/mol. The van der Waals surface area contributed by atoms with Crippen LogP contribution in [-0.2, 0) is 20.9 Å². The zero-order valence-electron chi connectivity index (χ0n) is 18.0. The lowest BCUT2D eigenvalue weighted by molar-refractivity contribution is -0.159. The van der Waals surface area contributed by atoms with E-state index in [2.05, 4.69) is 0 Å². The highest BCUT2D eigenvalue weighted by Gasteiger charge is 2.61. The first-order valence-corrected chi connectivity index (χ1v) is 10.6. The Balaban J connectivity index is 1.72. The van der Waals surface area contributed by atoms with Crippen molar-refractivity contribution >= 4 is 29.4 Å². The van der Waals surface area contributed by atoms with Crippen molar-refractivity contribution in [3.05, 3.63) is 65.2 Å². The number of amides is 3. The van der Waals surface area contributed by atoms with Crippen molar-refractivity contribution in [3.8, 4) is 0 Å². The Hall–Kier alpha value is -3.68. The minimum atomic E-state index is -1.53. The van der Waals surface area contributed by atoms with Crippen molar-refractivity contribution in [2.24, 2.45) is 11.7 Å². The van der Waals surface area contributed by atoms with Crippen LogP contribution in [0.4, 0.5) is 5.69 Å². The van der Waals surface area contributed by atoms with Gasteiger partial charge >= 0.3 is 5.97 Å². The molecule has 32 heavy (non-hydrogen) atoms. The van der Waals surface area contributed by atoms with Gasteiger partial charge in [0.15, 0.2) is 0 Å². The summed E-state index contributed by atoms with van der Waals surface area (Å²) in [7, 11) is 0. The summed E-state index contributed by atoms with van der Waals surface area (Å²) >= 11 is 0. The number of para-hydroxylation sites is 1. The van der Waals surface area contributed by atoms with Gasteiger partial charge in [0.1, 0.15) is 6.61 Å². The zero-order chi connectivity index (χ0) is 23.0. The van der Waals surface area contributed by atoms with Crippen molar-refractivity contribution in [1.82, 2.24) is 4.90 Å². The minimum Gasteiger partial charge on any atom is -0.458 e. The molecule has 0 saturated carbocycles. The fraction of sp³-hybridized carbons (Fsp3) is 0.333. The number of primary amides is 1. The first-order chi connectivity index (χ1) is 15.3. The third-order valence-electron chi connectivity index (χ3n) is 5.83. The number of carbonyl (C=O) groups excluding carboxylic acids is 4. The molecule has 0 bridgehead atoms. The second-order valence-electron chi connectivity index (χ2n) is 8.51. The molecule has 166 valence electrons. The highest BCUT2D eigenvalue weighted by Crippen LogP contribution is 2.45. The van der Waals surface area contributed by atoms with Gasteiger partial charge in [-0.3, -0.25) is 19.3 Å². The maximum absolute atomic E-state index is 13.6. The van der Waals surface area contributed by atoms with E-state index in [1.807, 2.05) is 13.8 Å². The number of anilines is 1. The van der Waals surface area contributed by atoms with Crippen LogP contribution < -0.4 is 10.6 Å². The molecule has 2 aliphatic heterocycles. The van der Waals surface area contributed by atoms with E-state index in [1.165, 1.54) is 9.80 Å². The van der Waals surface area contributed by atoms with E-state index in [1.54, 1.807) is 48.5 Å². The first-order valence-electron chi connectivity index (χ1n) is 10.6. The maximum Gasteiger partial charge on any atom is 0.354 e. The molecule has 0 radical (unpaired) electrons. The lowest BCUT2D eigenvalue weighted by atomic mass is 9.95. The van der Waals surface area contributed by atoms with Gasteiger partial charge in [0, 0.05) is 24.9 Å². The van der Waals surface area contributed by atoms with E-state index in [0.29, 0.717) is 28.9 Å². The summed E-state index contributed by atoms with van der Waals surface area (Å²) in [6.07, 6.45) is 0.279. The summed E-state index contributed by atoms with van der Waals surface area (Å²) in [6.45, 7) is 4.07. The van der Waals surface area contributed by atoms with Crippen molar-refractivity contribution in [2.75, 3.05) is 11.4 Å². The second-order valence-corrected chi connectivity index (χ2v) is 8.51. The zero-order valence-corrected chi connectivity index (χ0v) is 18.0. The van der Waals surface area contributed by atoms with Crippen LogP contribution in [0.25, 0.3) is 0 Å². The second kappa shape index (κ2) is 8.11. The molecule has 3 amide bonds. The summed E-state index contributed by atoms with van der Waals surface area (Å²) in [5.74, 6) is -1.71. The fourth-order valence-electron chi connectivity index (χ4n) is 4.44. The van der Waals surface area contributed by atoms with Gasteiger partial charge < -0.3 is 15.4 Å². The Morgan fingerprint density at radius 2 is 1.88 bits per heavy atom. The number of hydrogen-bond donors (Lipinski definition) is 1. The van der Waals surface area contributed by atoms with Crippen molar-refractivity contribution in [1.29, 1.82) is 0 Å². The summed E-state index contributed by atoms with van der Waals surface area (Å²) in [4.78, 5) is 54.3. The van der Waals surface area contributed by atoms with Crippen LogP contribution in [0.3, 0.4) is 0 Å². The lowest BCUT2D eigenvalue weighted by Gasteiger charge is -2.48. The highest BCUT2D eigenvalue weighted by atomic mass is 16.5. The topological polar surface area (TPSA) is 110 Å². The van der Waals surface area contributed by atoms with Crippen LogP contribution in [0.1, 0.15) is 53.0 Å². The van der Waals surface area contributed by atoms with Gasteiger partial charge in [-0.25, -0.2) is 4.79 Å². The molecule has 8 heteroatoms. The lowest BCUT2D eigenvalue weighted by Crippen LogP contribution is -2.69. The molecular weight excluding hydrogens is 410 g/mol. The molecule has 4 rings (SSSR count). The number of esters is 1. The molecular formula is C24H25N3O5. The van der Waals surface area contributed by atoms with E-state index in [-0.39, 0.29) is 37.2 Å². The SMILES string of the molecule is CC(C)CN1C(=O)c2ccccc2N2C(=O)CCC12C(=O)OCc1cccc(C(N)=O)c1. The van der Waals surface area contributed by atoms with Gasteiger partial charge in [-0.1, -0.05) is 38.1 Å². The van der Waals surface area contributed by atoms with Crippen molar-refractivity contribution in [3.63, 3.8) is 0 Å². The van der Waals surface area contributed by atoms with Gasteiger partial charge in [-0.2, -0.15) is 0 Å². The Bertz CT molecular complexity index is 1110.